The van der Waals surface area contributed by atoms with Crippen LogP contribution in [0.2, 0.25) is 0 Å². The molecule has 0 atom stereocenters. The molecule has 1 aromatic rings. The number of aromatic hydroxyl groups is 1. The summed E-state index contributed by atoms with van der Waals surface area (Å²) in [5, 5.41) is 19.5. The molecule has 0 saturated carbocycles. The average molecular weight is 248 g/mol. The van der Waals surface area contributed by atoms with Gasteiger partial charge in [-0.1, -0.05) is 23.8 Å². The second-order valence-electron chi connectivity index (χ2n) is 5.76. The van der Waals surface area contributed by atoms with Gasteiger partial charge in [0, 0.05) is 0 Å². The van der Waals surface area contributed by atoms with Crippen LogP contribution in [0.1, 0.15) is 45.2 Å². The Morgan fingerprint density at radius 1 is 1.28 bits per heavy atom. The predicted molar refractivity (Wildman–Crippen MR) is 75.9 cm³/mol. The molecule has 0 unspecified atom stereocenters. The number of aliphatic hydroxyl groups is 1. The van der Waals surface area contributed by atoms with E-state index in [0.717, 1.165) is 12.0 Å². The Kier molecular flexibility index (Phi) is 4.97. The summed E-state index contributed by atoms with van der Waals surface area (Å²) in [5.41, 5.74) is 2.71. The third kappa shape index (κ3) is 5.37. The summed E-state index contributed by atoms with van der Waals surface area (Å²) in [5.74, 6) is 0.320. The van der Waals surface area contributed by atoms with E-state index in [1.165, 1.54) is 11.1 Å². The monoisotopic (exact) mass is 248 g/mol. The molecule has 18 heavy (non-hydrogen) atoms. The number of phenols is 1. The summed E-state index contributed by atoms with van der Waals surface area (Å²) in [6.45, 7) is 7.74. The summed E-state index contributed by atoms with van der Waals surface area (Å²) in [4.78, 5) is 0. The molecule has 0 aliphatic carbocycles. The van der Waals surface area contributed by atoms with Gasteiger partial charge in [-0.3, -0.25) is 0 Å². The highest BCUT2D eigenvalue weighted by atomic mass is 16.3. The molecule has 2 N–H and O–H groups in total. The van der Waals surface area contributed by atoms with Crippen molar-refractivity contribution in [3.63, 3.8) is 0 Å². The van der Waals surface area contributed by atoms with Gasteiger partial charge in [-0.25, -0.2) is 0 Å². The molecule has 0 radical (unpaired) electrons. The zero-order chi connectivity index (χ0) is 13.8. The second kappa shape index (κ2) is 6.05. The summed E-state index contributed by atoms with van der Waals surface area (Å²) in [6.07, 6.45) is 4.40. The maximum Gasteiger partial charge on any atom is 0.118 e. The van der Waals surface area contributed by atoms with Crippen LogP contribution < -0.4 is 0 Å². The lowest BCUT2D eigenvalue weighted by atomic mass is 9.96. The van der Waals surface area contributed by atoms with Gasteiger partial charge in [-0.2, -0.15) is 0 Å². The third-order valence-electron chi connectivity index (χ3n) is 2.90. The number of aryl methyl sites for hydroxylation is 1. The zero-order valence-electron chi connectivity index (χ0n) is 11.8. The fraction of sp³-hybridized carbons (Fsp3) is 0.500. The molecule has 0 amide bonds. The van der Waals surface area contributed by atoms with Crippen molar-refractivity contribution in [2.75, 3.05) is 0 Å². The molecular formula is C16H24O2. The van der Waals surface area contributed by atoms with E-state index in [2.05, 4.69) is 19.9 Å². The fourth-order valence-corrected chi connectivity index (χ4v) is 1.73. The minimum atomic E-state index is -0.692. The Hall–Kier alpha value is -1.28. The molecule has 0 aliphatic rings. The molecule has 0 spiro atoms. The molecule has 0 aromatic heterocycles. The van der Waals surface area contributed by atoms with E-state index in [0.29, 0.717) is 18.6 Å². The lowest BCUT2D eigenvalue weighted by Crippen LogP contribution is -2.19. The van der Waals surface area contributed by atoms with Gasteiger partial charge in [0.2, 0.25) is 0 Å². The molecule has 0 saturated heterocycles. The Labute approximate surface area is 110 Å². The molecule has 1 aromatic carbocycles. The van der Waals surface area contributed by atoms with Crippen LogP contribution >= 0.6 is 0 Å². The maximum atomic E-state index is 9.81. The fourth-order valence-electron chi connectivity index (χ4n) is 1.73. The Balaban J connectivity index is 2.78. The largest absolute Gasteiger partial charge is 0.508 e. The van der Waals surface area contributed by atoms with Crippen LogP contribution in [0, 0.1) is 0 Å². The minimum Gasteiger partial charge on any atom is -0.508 e. The first-order chi connectivity index (χ1) is 8.28. The number of hydrogen-bond acceptors (Lipinski definition) is 2. The maximum absolute atomic E-state index is 9.81. The van der Waals surface area contributed by atoms with Gasteiger partial charge in [0.05, 0.1) is 5.60 Å². The number of allylic oxidation sites excluding steroid dienone is 2. The van der Waals surface area contributed by atoms with Crippen molar-refractivity contribution in [2.24, 2.45) is 0 Å². The van der Waals surface area contributed by atoms with Crippen LogP contribution in [0.4, 0.5) is 0 Å². The van der Waals surface area contributed by atoms with E-state index < -0.39 is 5.60 Å². The first-order valence-electron chi connectivity index (χ1n) is 6.44. The summed E-state index contributed by atoms with van der Waals surface area (Å²) in [6, 6.07) is 5.72. The van der Waals surface area contributed by atoms with Crippen molar-refractivity contribution < 1.29 is 10.2 Å². The quantitative estimate of drug-likeness (QED) is 0.782. The van der Waals surface area contributed by atoms with Gasteiger partial charge in [0.25, 0.3) is 0 Å². The summed E-state index contributed by atoms with van der Waals surface area (Å²) < 4.78 is 0. The first kappa shape index (κ1) is 14.8. The van der Waals surface area contributed by atoms with Gasteiger partial charge >= 0.3 is 0 Å². The molecule has 1 rings (SSSR count). The van der Waals surface area contributed by atoms with Crippen molar-refractivity contribution in [1.82, 2.24) is 0 Å². The van der Waals surface area contributed by atoms with Crippen molar-refractivity contribution in [3.05, 3.63) is 41.0 Å². The minimum absolute atomic E-state index is 0.320. The van der Waals surface area contributed by atoms with Crippen LogP contribution in [-0.2, 0) is 12.8 Å². The van der Waals surface area contributed by atoms with Crippen LogP contribution in [0.25, 0.3) is 0 Å². The van der Waals surface area contributed by atoms with Crippen LogP contribution in [0.3, 0.4) is 0 Å². The molecule has 2 heteroatoms. The Bertz CT molecular complexity index is 421. The number of phenolic OH excluding ortho intramolecular Hbond substituents is 1. The third-order valence-corrected chi connectivity index (χ3v) is 2.90. The summed E-state index contributed by atoms with van der Waals surface area (Å²) in [7, 11) is 0. The van der Waals surface area contributed by atoms with E-state index in [-0.39, 0.29) is 0 Å². The van der Waals surface area contributed by atoms with Crippen molar-refractivity contribution in [2.45, 2.75) is 52.6 Å². The van der Waals surface area contributed by atoms with Crippen LogP contribution in [0.5, 0.6) is 5.75 Å². The SMILES string of the molecule is CC(C)=CCc1ccc(O)c(CCC(C)(C)O)c1. The molecule has 0 fully saturated rings. The van der Waals surface area contributed by atoms with Gasteiger partial charge in [0.15, 0.2) is 0 Å². The van der Waals surface area contributed by atoms with E-state index in [4.69, 9.17) is 0 Å². The predicted octanol–water partition coefficient (Wildman–Crippen LogP) is 3.60. The number of rotatable bonds is 5. The lowest BCUT2D eigenvalue weighted by Gasteiger charge is -2.17. The number of hydrogen-bond donors (Lipinski definition) is 2. The standard InChI is InChI=1S/C16H24O2/c1-12(2)5-6-13-7-8-15(17)14(11-13)9-10-16(3,4)18/h5,7-8,11,17-18H,6,9-10H2,1-4H3. The Morgan fingerprint density at radius 3 is 2.50 bits per heavy atom. The second-order valence-corrected chi connectivity index (χ2v) is 5.76. The zero-order valence-corrected chi connectivity index (χ0v) is 11.8. The highest BCUT2D eigenvalue weighted by molar-refractivity contribution is 5.37. The van der Waals surface area contributed by atoms with Gasteiger partial charge in [-0.15, -0.1) is 0 Å². The van der Waals surface area contributed by atoms with Crippen LogP contribution in [-0.4, -0.2) is 15.8 Å². The van der Waals surface area contributed by atoms with Crippen molar-refractivity contribution in [3.8, 4) is 5.75 Å². The van der Waals surface area contributed by atoms with Gasteiger partial charge < -0.3 is 10.2 Å². The van der Waals surface area contributed by atoms with Crippen molar-refractivity contribution >= 4 is 0 Å². The van der Waals surface area contributed by atoms with E-state index in [1.807, 2.05) is 12.1 Å². The van der Waals surface area contributed by atoms with E-state index >= 15 is 0 Å². The molecule has 0 aliphatic heterocycles. The first-order valence-corrected chi connectivity index (χ1v) is 6.44. The highest BCUT2D eigenvalue weighted by Gasteiger charge is 2.13. The average Bonchev–Trinajstić information content (AvgIpc) is 2.25. The van der Waals surface area contributed by atoms with Crippen molar-refractivity contribution in [1.29, 1.82) is 0 Å². The summed E-state index contributed by atoms with van der Waals surface area (Å²) >= 11 is 0. The van der Waals surface area contributed by atoms with Gasteiger partial charge in [0.1, 0.15) is 5.75 Å². The van der Waals surface area contributed by atoms with E-state index in [1.54, 1.807) is 19.9 Å². The highest BCUT2D eigenvalue weighted by Crippen LogP contribution is 2.23. The smallest absolute Gasteiger partial charge is 0.118 e. The molecule has 0 heterocycles. The molecular weight excluding hydrogens is 224 g/mol. The molecule has 0 bridgehead atoms. The lowest BCUT2D eigenvalue weighted by molar-refractivity contribution is 0.0712. The topological polar surface area (TPSA) is 40.5 Å². The normalized spacial score (nSPS) is 11.4. The number of benzene rings is 1. The Morgan fingerprint density at radius 2 is 1.94 bits per heavy atom. The molecule has 100 valence electrons. The van der Waals surface area contributed by atoms with E-state index in [9.17, 15) is 10.2 Å². The van der Waals surface area contributed by atoms with Gasteiger partial charge in [-0.05, 0) is 64.2 Å². The molecule has 2 nitrogen and oxygen atoms in total. The van der Waals surface area contributed by atoms with Crippen LogP contribution in [0.15, 0.2) is 29.8 Å².